The summed E-state index contributed by atoms with van der Waals surface area (Å²) in [5.41, 5.74) is -1.33. The normalized spacial score (nSPS) is 10.6. The van der Waals surface area contributed by atoms with Gasteiger partial charge in [0.1, 0.15) is 11.4 Å². The van der Waals surface area contributed by atoms with E-state index >= 15 is 0 Å². The van der Waals surface area contributed by atoms with Crippen LogP contribution >= 0.6 is 0 Å². The molecule has 1 aromatic heterocycles. The summed E-state index contributed by atoms with van der Waals surface area (Å²) in [4.78, 5) is 13.6. The van der Waals surface area contributed by atoms with Crippen LogP contribution in [0.15, 0.2) is 6.07 Å². The molecule has 0 aliphatic heterocycles. The molecule has 6 heteroatoms. The monoisotopic (exact) mass is 203 g/mol. The third kappa shape index (κ3) is 1.78. The van der Waals surface area contributed by atoms with Crippen LogP contribution in [0.5, 0.6) is 5.75 Å². The number of alkyl halides is 2. The van der Waals surface area contributed by atoms with E-state index in [-0.39, 0.29) is 5.56 Å². The molecule has 1 rings (SSSR count). The van der Waals surface area contributed by atoms with Gasteiger partial charge in [-0.05, 0) is 18.6 Å². The molecule has 4 nitrogen and oxygen atoms in total. The zero-order chi connectivity index (χ0) is 10.9. The van der Waals surface area contributed by atoms with Crippen molar-refractivity contribution in [2.45, 2.75) is 13.3 Å². The summed E-state index contributed by atoms with van der Waals surface area (Å²) in [5, 5.41) is 17.6. The van der Waals surface area contributed by atoms with E-state index in [1.54, 1.807) is 0 Å². The van der Waals surface area contributed by atoms with Crippen LogP contribution < -0.4 is 0 Å². The predicted molar refractivity (Wildman–Crippen MR) is 42.6 cm³/mol. The molecule has 0 aliphatic carbocycles. The molecule has 0 saturated carbocycles. The highest BCUT2D eigenvalue weighted by atomic mass is 19.3. The Morgan fingerprint density at radius 1 is 1.57 bits per heavy atom. The lowest BCUT2D eigenvalue weighted by molar-refractivity contribution is 0.0685. The summed E-state index contributed by atoms with van der Waals surface area (Å²) < 4.78 is 24.5. The van der Waals surface area contributed by atoms with Gasteiger partial charge in [-0.3, -0.25) is 0 Å². The number of carboxylic acid groups (broad SMARTS) is 1. The average Bonchev–Trinajstić information content (AvgIpc) is 2.02. The fraction of sp³-hybridized carbons (Fsp3) is 0.250. The number of nitrogens with zero attached hydrogens (tertiary/aromatic N) is 1. The van der Waals surface area contributed by atoms with E-state index in [4.69, 9.17) is 10.2 Å². The highest BCUT2D eigenvalue weighted by Gasteiger charge is 2.19. The van der Waals surface area contributed by atoms with E-state index < -0.39 is 29.5 Å². The smallest absolute Gasteiger partial charge is 0.358 e. The first-order valence-electron chi connectivity index (χ1n) is 3.65. The Bertz CT molecular complexity index is 379. The molecule has 76 valence electrons. The van der Waals surface area contributed by atoms with Crippen LogP contribution in [-0.4, -0.2) is 21.2 Å². The Morgan fingerprint density at radius 2 is 2.14 bits per heavy atom. The van der Waals surface area contributed by atoms with Gasteiger partial charge in [0.2, 0.25) is 0 Å². The molecular formula is C8H7F2NO3. The highest BCUT2D eigenvalue weighted by Crippen LogP contribution is 2.25. The van der Waals surface area contributed by atoms with Gasteiger partial charge in [-0.1, -0.05) is 0 Å². The maximum Gasteiger partial charge on any atom is 0.358 e. The summed E-state index contributed by atoms with van der Waals surface area (Å²) in [7, 11) is 0. The number of pyridine rings is 1. The fourth-order valence-corrected chi connectivity index (χ4v) is 0.992. The molecule has 0 atom stereocenters. The van der Waals surface area contributed by atoms with Crippen molar-refractivity contribution in [3.8, 4) is 5.75 Å². The van der Waals surface area contributed by atoms with Crippen molar-refractivity contribution < 1.29 is 23.8 Å². The van der Waals surface area contributed by atoms with Gasteiger partial charge in [0, 0.05) is 0 Å². The van der Waals surface area contributed by atoms with Gasteiger partial charge in [0.15, 0.2) is 5.69 Å². The van der Waals surface area contributed by atoms with Gasteiger partial charge < -0.3 is 10.2 Å². The first kappa shape index (κ1) is 10.4. The lowest BCUT2D eigenvalue weighted by atomic mass is 10.2. The molecule has 0 aliphatic rings. The number of rotatable bonds is 2. The minimum atomic E-state index is -2.85. The van der Waals surface area contributed by atoms with Crippen LogP contribution in [0.2, 0.25) is 0 Å². The SMILES string of the molecule is Cc1cc(O)c(C(=O)O)nc1C(F)F. The van der Waals surface area contributed by atoms with Crippen molar-refractivity contribution >= 4 is 5.97 Å². The minimum Gasteiger partial charge on any atom is -0.505 e. The highest BCUT2D eigenvalue weighted by molar-refractivity contribution is 5.88. The molecule has 0 saturated heterocycles. The topological polar surface area (TPSA) is 70.4 Å². The van der Waals surface area contributed by atoms with E-state index in [1.807, 2.05) is 0 Å². The van der Waals surface area contributed by atoms with Crippen LogP contribution in [0.25, 0.3) is 0 Å². The Balaban J connectivity index is 3.34. The van der Waals surface area contributed by atoms with Crippen molar-refractivity contribution in [1.29, 1.82) is 0 Å². The molecule has 0 spiro atoms. The van der Waals surface area contributed by atoms with Crippen molar-refractivity contribution in [2.24, 2.45) is 0 Å². The predicted octanol–water partition coefficient (Wildman–Crippen LogP) is 1.73. The van der Waals surface area contributed by atoms with Crippen molar-refractivity contribution in [2.75, 3.05) is 0 Å². The molecule has 14 heavy (non-hydrogen) atoms. The number of carboxylic acids is 1. The number of hydrogen-bond acceptors (Lipinski definition) is 3. The molecule has 1 aromatic rings. The second-order valence-corrected chi connectivity index (χ2v) is 2.66. The summed E-state index contributed by atoms with van der Waals surface area (Å²) >= 11 is 0. The Hall–Kier alpha value is -1.72. The first-order valence-corrected chi connectivity index (χ1v) is 3.65. The van der Waals surface area contributed by atoms with Gasteiger partial charge in [0.05, 0.1) is 0 Å². The molecule has 0 radical (unpaired) electrons. The van der Waals surface area contributed by atoms with Crippen molar-refractivity contribution in [3.05, 3.63) is 23.0 Å². The molecule has 0 fully saturated rings. The van der Waals surface area contributed by atoms with Gasteiger partial charge in [-0.15, -0.1) is 0 Å². The van der Waals surface area contributed by atoms with E-state index in [0.717, 1.165) is 6.07 Å². The number of aromatic carboxylic acids is 1. The van der Waals surface area contributed by atoms with E-state index in [2.05, 4.69) is 4.98 Å². The molecule has 0 amide bonds. The van der Waals surface area contributed by atoms with Crippen molar-refractivity contribution in [3.63, 3.8) is 0 Å². The number of aromatic nitrogens is 1. The third-order valence-corrected chi connectivity index (χ3v) is 1.64. The number of hydrogen-bond donors (Lipinski definition) is 2. The summed E-state index contributed by atoms with van der Waals surface area (Å²) in [6, 6.07) is 0.956. The Kier molecular flexibility index (Phi) is 2.64. The first-order chi connectivity index (χ1) is 6.43. The maximum absolute atomic E-state index is 12.3. The Morgan fingerprint density at radius 3 is 2.57 bits per heavy atom. The molecular weight excluding hydrogens is 196 g/mol. The fourth-order valence-electron chi connectivity index (χ4n) is 0.992. The van der Waals surface area contributed by atoms with Crippen LogP contribution in [0.1, 0.15) is 28.2 Å². The standard InChI is InChI=1S/C8H7F2NO3/c1-3-2-4(12)6(8(13)14)11-5(3)7(9)10/h2,7,12H,1H3,(H,13,14). The van der Waals surface area contributed by atoms with Gasteiger partial charge in [-0.2, -0.15) is 0 Å². The van der Waals surface area contributed by atoms with E-state index in [9.17, 15) is 13.6 Å². The summed E-state index contributed by atoms with van der Waals surface area (Å²) in [5.74, 6) is -2.15. The number of aromatic hydroxyl groups is 1. The number of carbonyl (C=O) groups is 1. The summed E-state index contributed by atoms with van der Waals surface area (Å²) in [6.07, 6.45) is -2.85. The molecule has 0 unspecified atom stereocenters. The number of halogens is 2. The third-order valence-electron chi connectivity index (χ3n) is 1.64. The number of aryl methyl sites for hydroxylation is 1. The molecule has 0 bridgehead atoms. The van der Waals surface area contributed by atoms with Crippen LogP contribution in [0.3, 0.4) is 0 Å². The van der Waals surface area contributed by atoms with Crippen LogP contribution in [0.4, 0.5) is 8.78 Å². The largest absolute Gasteiger partial charge is 0.505 e. The van der Waals surface area contributed by atoms with Gasteiger partial charge >= 0.3 is 5.97 Å². The second-order valence-electron chi connectivity index (χ2n) is 2.66. The van der Waals surface area contributed by atoms with E-state index in [1.165, 1.54) is 6.92 Å². The quantitative estimate of drug-likeness (QED) is 0.767. The lowest BCUT2D eigenvalue weighted by Crippen LogP contribution is -2.05. The van der Waals surface area contributed by atoms with Crippen LogP contribution in [0, 0.1) is 6.92 Å². The zero-order valence-electron chi connectivity index (χ0n) is 7.16. The van der Waals surface area contributed by atoms with Gasteiger partial charge in [0.25, 0.3) is 6.43 Å². The zero-order valence-corrected chi connectivity index (χ0v) is 7.16. The lowest BCUT2D eigenvalue weighted by Gasteiger charge is -2.06. The molecule has 2 N–H and O–H groups in total. The van der Waals surface area contributed by atoms with Gasteiger partial charge in [-0.25, -0.2) is 18.6 Å². The van der Waals surface area contributed by atoms with Crippen LogP contribution in [-0.2, 0) is 0 Å². The maximum atomic E-state index is 12.3. The Labute approximate surface area is 77.8 Å². The average molecular weight is 203 g/mol. The second kappa shape index (κ2) is 3.57. The molecule has 0 aromatic carbocycles. The summed E-state index contributed by atoms with van der Waals surface area (Å²) in [6.45, 7) is 1.32. The molecule has 1 heterocycles. The van der Waals surface area contributed by atoms with Crippen molar-refractivity contribution in [1.82, 2.24) is 4.98 Å². The van der Waals surface area contributed by atoms with E-state index in [0.29, 0.717) is 0 Å². The minimum absolute atomic E-state index is 0.0579.